The Bertz CT molecular complexity index is 697. The summed E-state index contributed by atoms with van der Waals surface area (Å²) in [6.45, 7) is 0.529. The van der Waals surface area contributed by atoms with Gasteiger partial charge in [-0.2, -0.15) is 0 Å². The van der Waals surface area contributed by atoms with E-state index in [-0.39, 0.29) is 23.6 Å². The summed E-state index contributed by atoms with van der Waals surface area (Å²) in [4.78, 5) is 17.2. The summed E-state index contributed by atoms with van der Waals surface area (Å²) in [5.41, 5.74) is 6.61. The lowest BCUT2D eigenvalue weighted by Gasteiger charge is -2.23. The van der Waals surface area contributed by atoms with Crippen molar-refractivity contribution in [2.75, 3.05) is 6.54 Å². The van der Waals surface area contributed by atoms with Gasteiger partial charge in [-0.15, -0.1) is 0 Å². The molecule has 2 aromatic rings. The Morgan fingerprint density at radius 2 is 2.17 bits per heavy atom. The Hall–Kier alpha value is -2.21. The number of aromatic nitrogens is 2. The normalized spacial score (nSPS) is 21.6. The van der Waals surface area contributed by atoms with Gasteiger partial charge in [-0.3, -0.25) is 4.79 Å². The number of aryl methyl sites for hydroxylation is 1. The minimum absolute atomic E-state index is 0.000255. The number of hydrogen-bond acceptors (Lipinski definition) is 3. The number of hydrogen-bond donors (Lipinski definition) is 2. The molecule has 5 nitrogen and oxygen atoms in total. The SMILES string of the molecule is Cn1ccnc1C(NC(=O)[C@@H]1CCC[C@@H]1CN)c1ccc(F)cc1. The van der Waals surface area contributed by atoms with Gasteiger partial charge in [0.1, 0.15) is 17.7 Å². The Balaban J connectivity index is 1.86. The van der Waals surface area contributed by atoms with Crippen molar-refractivity contribution in [2.45, 2.75) is 25.3 Å². The van der Waals surface area contributed by atoms with E-state index >= 15 is 0 Å². The molecule has 128 valence electrons. The van der Waals surface area contributed by atoms with Crippen LogP contribution in [0.25, 0.3) is 0 Å². The van der Waals surface area contributed by atoms with E-state index in [4.69, 9.17) is 5.73 Å². The lowest BCUT2D eigenvalue weighted by Crippen LogP contribution is -2.38. The predicted molar refractivity (Wildman–Crippen MR) is 89.5 cm³/mol. The predicted octanol–water partition coefficient (Wildman–Crippen LogP) is 2.14. The van der Waals surface area contributed by atoms with Gasteiger partial charge in [0, 0.05) is 25.4 Å². The van der Waals surface area contributed by atoms with Gasteiger partial charge in [0.15, 0.2) is 0 Å². The average Bonchev–Trinajstić information content (AvgIpc) is 3.22. The number of halogens is 1. The number of carbonyl (C=O) groups excluding carboxylic acids is 1. The number of rotatable bonds is 5. The summed E-state index contributed by atoms with van der Waals surface area (Å²) in [7, 11) is 1.88. The van der Waals surface area contributed by atoms with E-state index in [0.29, 0.717) is 6.54 Å². The molecule has 0 aliphatic heterocycles. The molecule has 0 radical (unpaired) electrons. The van der Waals surface area contributed by atoms with Gasteiger partial charge < -0.3 is 15.6 Å². The smallest absolute Gasteiger partial charge is 0.224 e. The first-order valence-electron chi connectivity index (χ1n) is 8.33. The molecule has 1 aromatic heterocycles. The van der Waals surface area contributed by atoms with Crippen LogP contribution in [-0.4, -0.2) is 22.0 Å². The largest absolute Gasteiger partial charge is 0.342 e. The molecule has 0 bridgehead atoms. The van der Waals surface area contributed by atoms with E-state index in [2.05, 4.69) is 10.3 Å². The van der Waals surface area contributed by atoms with E-state index < -0.39 is 6.04 Å². The third kappa shape index (κ3) is 3.33. The molecule has 3 atom stereocenters. The van der Waals surface area contributed by atoms with Gasteiger partial charge in [0.25, 0.3) is 0 Å². The standard InChI is InChI=1S/C18H23FN4O/c1-23-10-9-21-17(23)16(12-5-7-14(19)8-6-12)22-18(24)15-4-2-3-13(15)11-20/h5-10,13,15-16H,2-4,11,20H2,1H3,(H,22,24)/t13-,15-,16?/m1/s1. The van der Waals surface area contributed by atoms with Gasteiger partial charge in [-0.25, -0.2) is 9.37 Å². The van der Waals surface area contributed by atoms with Crippen molar-refractivity contribution >= 4 is 5.91 Å². The zero-order valence-corrected chi connectivity index (χ0v) is 13.8. The zero-order valence-electron chi connectivity index (χ0n) is 13.8. The monoisotopic (exact) mass is 330 g/mol. The van der Waals surface area contributed by atoms with E-state index in [1.165, 1.54) is 12.1 Å². The molecule has 1 amide bonds. The zero-order chi connectivity index (χ0) is 17.1. The topological polar surface area (TPSA) is 72.9 Å². The molecule has 1 aromatic carbocycles. The Labute approximate surface area is 141 Å². The fourth-order valence-electron chi connectivity index (χ4n) is 3.52. The minimum Gasteiger partial charge on any atom is -0.342 e. The highest BCUT2D eigenvalue weighted by atomic mass is 19.1. The van der Waals surface area contributed by atoms with Gasteiger partial charge in [0.2, 0.25) is 5.91 Å². The van der Waals surface area contributed by atoms with E-state index in [9.17, 15) is 9.18 Å². The first-order chi connectivity index (χ1) is 11.6. The summed E-state index contributed by atoms with van der Waals surface area (Å²) in [5, 5.41) is 3.10. The van der Waals surface area contributed by atoms with Crippen molar-refractivity contribution in [1.82, 2.24) is 14.9 Å². The van der Waals surface area contributed by atoms with Crippen LogP contribution in [0.1, 0.15) is 36.7 Å². The lowest BCUT2D eigenvalue weighted by molar-refractivity contribution is -0.126. The fourth-order valence-corrected chi connectivity index (χ4v) is 3.52. The maximum Gasteiger partial charge on any atom is 0.224 e. The Morgan fingerprint density at radius 1 is 1.42 bits per heavy atom. The second kappa shape index (κ2) is 7.13. The summed E-state index contributed by atoms with van der Waals surface area (Å²) in [6, 6.07) is 5.76. The molecular weight excluding hydrogens is 307 g/mol. The minimum atomic E-state index is -0.405. The third-order valence-corrected chi connectivity index (χ3v) is 4.91. The number of carbonyl (C=O) groups is 1. The van der Waals surface area contributed by atoms with Crippen LogP contribution < -0.4 is 11.1 Å². The number of nitrogens with two attached hydrogens (primary N) is 1. The van der Waals surface area contributed by atoms with Gasteiger partial charge in [-0.1, -0.05) is 18.6 Å². The maximum absolute atomic E-state index is 13.3. The van der Waals surface area contributed by atoms with Crippen molar-refractivity contribution in [3.63, 3.8) is 0 Å². The highest BCUT2D eigenvalue weighted by molar-refractivity contribution is 5.80. The number of benzene rings is 1. The van der Waals surface area contributed by atoms with Crippen LogP contribution in [0.4, 0.5) is 4.39 Å². The maximum atomic E-state index is 13.3. The molecule has 0 saturated heterocycles. The van der Waals surface area contributed by atoms with Crippen molar-refractivity contribution < 1.29 is 9.18 Å². The van der Waals surface area contributed by atoms with E-state index in [1.54, 1.807) is 18.3 Å². The van der Waals surface area contributed by atoms with Gasteiger partial charge in [0.05, 0.1) is 0 Å². The molecule has 1 saturated carbocycles. The molecule has 3 N–H and O–H groups in total. The van der Waals surface area contributed by atoms with Crippen LogP contribution in [0.15, 0.2) is 36.7 Å². The van der Waals surface area contributed by atoms with Crippen LogP contribution in [-0.2, 0) is 11.8 Å². The van der Waals surface area contributed by atoms with Crippen molar-refractivity contribution in [3.8, 4) is 0 Å². The van der Waals surface area contributed by atoms with Crippen molar-refractivity contribution in [1.29, 1.82) is 0 Å². The quantitative estimate of drug-likeness (QED) is 0.882. The molecule has 3 rings (SSSR count). The first-order valence-corrected chi connectivity index (χ1v) is 8.33. The molecule has 24 heavy (non-hydrogen) atoms. The number of amides is 1. The van der Waals surface area contributed by atoms with Crippen LogP contribution in [0, 0.1) is 17.7 Å². The van der Waals surface area contributed by atoms with Crippen LogP contribution in [0.5, 0.6) is 0 Å². The second-order valence-electron chi connectivity index (χ2n) is 6.42. The summed E-state index contributed by atoms with van der Waals surface area (Å²) < 4.78 is 15.1. The van der Waals surface area contributed by atoms with E-state index in [0.717, 1.165) is 30.7 Å². The van der Waals surface area contributed by atoms with Crippen LogP contribution >= 0.6 is 0 Å². The molecule has 1 fully saturated rings. The summed E-state index contributed by atoms with van der Waals surface area (Å²) >= 11 is 0. The molecule has 1 unspecified atom stereocenters. The van der Waals surface area contributed by atoms with Gasteiger partial charge >= 0.3 is 0 Å². The third-order valence-electron chi connectivity index (χ3n) is 4.91. The van der Waals surface area contributed by atoms with Crippen molar-refractivity contribution in [2.24, 2.45) is 24.6 Å². The van der Waals surface area contributed by atoms with E-state index in [1.807, 2.05) is 17.8 Å². The average molecular weight is 330 g/mol. The highest BCUT2D eigenvalue weighted by Gasteiger charge is 2.33. The number of nitrogens with one attached hydrogen (secondary N) is 1. The van der Waals surface area contributed by atoms with Crippen LogP contribution in [0.2, 0.25) is 0 Å². The van der Waals surface area contributed by atoms with Crippen LogP contribution in [0.3, 0.4) is 0 Å². The molecule has 6 heteroatoms. The lowest BCUT2D eigenvalue weighted by atomic mass is 9.94. The highest BCUT2D eigenvalue weighted by Crippen LogP contribution is 2.32. The summed E-state index contributed by atoms with van der Waals surface area (Å²) in [5.74, 6) is 0.596. The molecule has 1 heterocycles. The molecule has 0 spiro atoms. The Morgan fingerprint density at radius 3 is 2.79 bits per heavy atom. The molecule has 1 aliphatic rings. The fraction of sp³-hybridized carbons (Fsp3) is 0.444. The Kier molecular flexibility index (Phi) is 4.94. The van der Waals surface area contributed by atoms with Crippen molar-refractivity contribution in [3.05, 3.63) is 53.9 Å². The molecule has 1 aliphatic carbocycles. The summed E-state index contributed by atoms with van der Waals surface area (Å²) in [6.07, 6.45) is 6.42. The van der Waals surface area contributed by atoms with Gasteiger partial charge in [-0.05, 0) is 43.0 Å². The molecular formula is C18H23FN4O. The first kappa shape index (κ1) is 16.6. The number of imidazole rings is 1. The number of nitrogens with zero attached hydrogens (tertiary/aromatic N) is 2. The second-order valence-corrected chi connectivity index (χ2v) is 6.42.